The highest BCUT2D eigenvalue weighted by Gasteiger charge is 2.21. The van der Waals surface area contributed by atoms with Gasteiger partial charge in [0.15, 0.2) is 0 Å². The molecule has 0 aromatic carbocycles. The molecule has 0 saturated carbocycles. The van der Waals surface area contributed by atoms with Gasteiger partial charge in [-0.25, -0.2) is 4.68 Å². The molecule has 1 aliphatic rings. The van der Waals surface area contributed by atoms with Gasteiger partial charge in [0.05, 0.1) is 29.3 Å². The molecule has 134 valence electrons. The van der Waals surface area contributed by atoms with Gasteiger partial charge in [-0.1, -0.05) is 0 Å². The fraction of sp³-hybridized carbons (Fsp3) is 0.529. The molecular formula is C17H24N6O2. The van der Waals surface area contributed by atoms with Crippen LogP contribution in [0.2, 0.25) is 0 Å². The van der Waals surface area contributed by atoms with E-state index in [0.717, 1.165) is 41.3 Å². The van der Waals surface area contributed by atoms with Crippen molar-refractivity contribution >= 4 is 11.6 Å². The second-order valence-electron chi connectivity index (χ2n) is 6.45. The summed E-state index contributed by atoms with van der Waals surface area (Å²) in [5, 5.41) is 11.7. The average Bonchev–Trinajstić information content (AvgIpc) is 2.80. The Kier molecular flexibility index (Phi) is 4.71. The highest BCUT2D eigenvalue weighted by molar-refractivity contribution is 5.93. The minimum absolute atomic E-state index is 0.0718. The lowest BCUT2D eigenvalue weighted by molar-refractivity contribution is -0.117. The van der Waals surface area contributed by atoms with E-state index in [-0.39, 0.29) is 18.0 Å². The lowest BCUT2D eigenvalue weighted by atomic mass is 10.1. The number of amides is 1. The van der Waals surface area contributed by atoms with Crippen molar-refractivity contribution in [2.24, 2.45) is 7.05 Å². The molecule has 0 bridgehead atoms. The van der Waals surface area contributed by atoms with Crippen LogP contribution in [0, 0.1) is 13.8 Å². The molecule has 1 N–H and O–H groups in total. The molecule has 25 heavy (non-hydrogen) atoms. The SMILES string of the molecule is CCn1nc2c(cc1=O)CN(CC(=O)Nc1c(C)nn(C)c1C)CC2. The molecule has 0 unspecified atom stereocenters. The average molecular weight is 344 g/mol. The maximum absolute atomic E-state index is 12.4. The number of carbonyl (C=O) groups is 1. The molecule has 0 radical (unpaired) electrons. The number of rotatable bonds is 4. The van der Waals surface area contributed by atoms with E-state index in [9.17, 15) is 9.59 Å². The summed E-state index contributed by atoms with van der Waals surface area (Å²) in [4.78, 5) is 26.4. The number of hydrogen-bond donors (Lipinski definition) is 1. The van der Waals surface area contributed by atoms with Crippen molar-refractivity contribution in [3.63, 3.8) is 0 Å². The molecule has 8 heteroatoms. The number of carbonyl (C=O) groups excluding carboxylic acids is 1. The van der Waals surface area contributed by atoms with Gasteiger partial charge < -0.3 is 5.32 Å². The first-order chi connectivity index (χ1) is 11.9. The Labute approximate surface area is 146 Å². The number of nitrogens with one attached hydrogen (secondary N) is 1. The van der Waals surface area contributed by atoms with Crippen LogP contribution < -0.4 is 10.9 Å². The van der Waals surface area contributed by atoms with Gasteiger partial charge in [0, 0.05) is 39.2 Å². The summed E-state index contributed by atoms with van der Waals surface area (Å²) in [6.45, 7) is 7.89. The zero-order valence-corrected chi connectivity index (χ0v) is 15.2. The van der Waals surface area contributed by atoms with Crippen LogP contribution >= 0.6 is 0 Å². The molecule has 1 aliphatic heterocycles. The van der Waals surface area contributed by atoms with E-state index in [1.54, 1.807) is 10.7 Å². The lowest BCUT2D eigenvalue weighted by Crippen LogP contribution is -2.39. The van der Waals surface area contributed by atoms with Crippen molar-refractivity contribution in [2.45, 2.75) is 40.3 Å². The van der Waals surface area contributed by atoms with Crippen LogP contribution in [0.1, 0.15) is 29.6 Å². The molecule has 1 amide bonds. The van der Waals surface area contributed by atoms with E-state index < -0.39 is 0 Å². The molecular weight excluding hydrogens is 320 g/mol. The van der Waals surface area contributed by atoms with Crippen LogP contribution in [0.25, 0.3) is 0 Å². The van der Waals surface area contributed by atoms with Gasteiger partial charge in [0.25, 0.3) is 5.56 Å². The van der Waals surface area contributed by atoms with Gasteiger partial charge in [-0.15, -0.1) is 0 Å². The Morgan fingerprint density at radius 3 is 2.72 bits per heavy atom. The summed E-state index contributed by atoms with van der Waals surface area (Å²) >= 11 is 0. The highest BCUT2D eigenvalue weighted by Crippen LogP contribution is 2.19. The number of hydrogen-bond acceptors (Lipinski definition) is 5. The summed E-state index contributed by atoms with van der Waals surface area (Å²) < 4.78 is 3.24. The van der Waals surface area contributed by atoms with Crippen molar-refractivity contribution in [2.75, 3.05) is 18.4 Å². The second kappa shape index (κ2) is 6.79. The highest BCUT2D eigenvalue weighted by atomic mass is 16.2. The van der Waals surface area contributed by atoms with Crippen LogP contribution in [0.15, 0.2) is 10.9 Å². The normalized spacial score (nSPS) is 14.4. The minimum atomic E-state index is -0.0887. The number of aromatic nitrogens is 4. The molecule has 0 fully saturated rings. The smallest absolute Gasteiger partial charge is 0.267 e. The second-order valence-corrected chi connectivity index (χ2v) is 6.45. The summed E-state index contributed by atoms with van der Waals surface area (Å²) in [7, 11) is 1.86. The van der Waals surface area contributed by atoms with E-state index in [1.807, 2.05) is 32.7 Å². The first-order valence-corrected chi connectivity index (χ1v) is 8.51. The molecule has 0 saturated heterocycles. The van der Waals surface area contributed by atoms with Crippen LogP contribution in [-0.4, -0.2) is 43.5 Å². The molecule has 3 rings (SSSR count). The monoisotopic (exact) mass is 344 g/mol. The predicted octanol–water partition coefficient (Wildman–Crippen LogP) is 0.610. The minimum Gasteiger partial charge on any atom is -0.322 e. The topological polar surface area (TPSA) is 85.1 Å². The first kappa shape index (κ1) is 17.3. The number of nitrogens with zero attached hydrogens (tertiary/aromatic N) is 5. The molecule has 0 atom stereocenters. The van der Waals surface area contributed by atoms with Crippen molar-refractivity contribution in [1.82, 2.24) is 24.5 Å². The van der Waals surface area contributed by atoms with Crippen molar-refractivity contribution in [3.8, 4) is 0 Å². The summed E-state index contributed by atoms with van der Waals surface area (Å²) in [5.41, 5.74) is 4.30. The van der Waals surface area contributed by atoms with Gasteiger partial charge in [-0.3, -0.25) is 19.2 Å². The fourth-order valence-electron chi connectivity index (χ4n) is 3.20. The summed E-state index contributed by atoms with van der Waals surface area (Å²) in [6, 6.07) is 1.64. The molecule has 8 nitrogen and oxygen atoms in total. The molecule has 3 heterocycles. The fourth-order valence-corrected chi connectivity index (χ4v) is 3.20. The maximum atomic E-state index is 12.4. The number of anilines is 1. The van der Waals surface area contributed by atoms with Crippen LogP contribution in [0.3, 0.4) is 0 Å². The van der Waals surface area contributed by atoms with E-state index in [0.29, 0.717) is 13.1 Å². The number of fused-ring (bicyclic) bond motifs is 1. The van der Waals surface area contributed by atoms with Crippen molar-refractivity contribution in [1.29, 1.82) is 0 Å². The van der Waals surface area contributed by atoms with Crippen molar-refractivity contribution in [3.05, 3.63) is 39.1 Å². The van der Waals surface area contributed by atoms with Crippen LogP contribution in [0.4, 0.5) is 5.69 Å². The van der Waals surface area contributed by atoms with Crippen molar-refractivity contribution < 1.29 is 4.79 Å². The van der Waals surface area contributed by atoms with Gasteiger partial charge in [-0.05, 0) is 26.3 Å². The Bertz CT molecular complexity index is 867. The van der Waals surface area contributed by atoms with E-state index in [1.165, 1.54) is 4.68 Å². The Hall–Kier alpha value is -2.48. The maximum Gasteiger partial charge on any atom is 0.267 e. The molecule has 2 aromatic rings. The zero-order chi connectivity index (χ0) is 18.1. The van der Waals surface area contributed by atoms with Crippen LogP contribution in [-0.2, 0) is 31.4 Å². The lowest BCUT2D eigenvalue weighted by Gasteiger charge is -2.27. The first-order valence-electron chi connectivity index (χ1n) is 8.51. The standard InChI is InChI=1S/C17H24N6O2/c1-5-23-16(25)8-13-9-22(7-6-14(13)20-23)10-15(24)18-17-11(2)19-21(4)12(17)3/h8H,5-7,9-10H2,1-4H3,(H,18,24). The Morgan fingerprint density at radius 1 is 1.32 bits per heavy atom. The summed E-state index contributed by atoms with van der Waals surface area (Å²) in [5.74, 6) is -0.0718. The largest absolute Gasteiger partial charge is 0.322 e. The predicted molar refractivity (Wildman–Crippen MR) is 94.5 cm³/mol. The van der Waals surface area contributed by atoms with E-state index >= 15 is 0 Å². The van der Waals surface area contributed by atoms with E-state index in [4.69, 9.17) is 0 Å². The Morgan fingerprint density at radius 2 is 2.08 bits per heavy atom. The Balaban J connectivity index is 1.67. The number of aryl methyl sites for hydroxylation is 3. The quantitative estimate of drug-likeness (QED) is 0.878. The van der Waals surface area contributed by atoms with Gasteiger partial charge >= 0.3 is 0 Å². The van der Waals surface area contributed by atoms with E-state index in [2.05, 4.69) is 15.5 Å². The molecule has 0 spiro atoms. The van der Waals surface area contributed by atoms with Crippen LogP contribution in [0.5, 0.6) is 0 Å². The van der Waals surface area contributed by atoms with Gasteiger partial charge in [0.2, 0.25) is 5.91 Å². The molecule has 2 aromatic heterocycles. The third-order valence-electron chi connectivity index (χ3n) is 4.66. The summed E-state index contributed by atoms with van der Waals surface area (Å²) in [6.07, 6.45) is 0.744. The third-order valence-corrected chi connectivity index (χ3v) is 4.66. The zero-order valence-electron chi connectivity index (χ0n) is 15.2. The van der Waals surface area contributed by atoms with Gasteiger partial charge in [0.1, 0.15) is 0 Å². The molecule has 0 aliphatic carbocycles. The third kappa shape index (κ3) is 3.48. The van der Waals surface area contributed by atoms with Gasteiger partial charge in [-0.2, -0.15) is 10.2 Å².